The molecule has 1 fully saturated rings. The maximum Gasteiger partial charge on any atom is 0.242 e. The maximum atomic E-state index is 13.3. The van der Waals surface area contributed by atoms with Crippen LogP contribution in [0.25, 0.3) is 0 Å². The van der Waals surface area contributed by atoms with Gasteiger partial charge in [-0.3, -0.25) is 9.59 Å². The molecule has 1 saturated carbocycles. The quantitative estimate of drug-likeness (QED) is 0.731. The van der Waals surface area contributed by atoms with Gasteiger partial charge >= 0.3 is 0 Å². The molecule has 1 atom stereocenters. The number of benzene rings is 2. The summed E-state index contributed by atoms with van der Waals surface area (Å²) in [6, 6.07) is 11.1. The zero-order valence-corrected chi connectivity index (χ0v) is 17.2. The Morgan fingerprint density at radius 1 is 0.933 bits per heavy atom. The van der Waals surface area contributed by atoms with E-state index in [9.17, 15) is 18.4 Å². The minimum atomic E-state index is -0.676. The summed E-state index contributed by atoms with van der Waals surface area (Å²) < 4.78 is 26.5. The fourth-order valence-corrected chi connectivity index (χ4v) is 3.82. The number of rotatable bonds is 7. The molecule has 1 aliphatic carbocycles. The summed E-state index contributed by atoms with van der Waals surface area (Å²) in [6.45, 7) is 1.91. The van der Waals surface area contributed by atoms with Gasteiger partial charge in [-0.05, 0) is 55.2 Å². The van der Waals surface area contributed by atoms with Crippen LogP contribution in [0.5, 0.6) is 0 Å². The number of nitrogens with zero attached hydrogens (tertiary/aromatic N) is 1. The van der Waals surface area contributed by atoms with E-state index in [0.29, 0.717) is 5.56 Å². The average Bonchev–Trinajstić information content (AvgIpc) is 2.75. The average molecular weight is 414 g/mol. The lowest BCUT2D eigenvalue weighted by Gasteiger charge is -2.31. The molecule has 0 aromatic heterocycles. The van der Waals surface area contributed by atoms with Gasteiger partial charge in [0.15, 0.2) is 0 Å². The Hall–Kier alpha value is -2.76. The first kappa shape index (κ1) is 21.9. The smallest absolute Gasteiger partial charge is 0.242 e. The van der Waals surface area contributed by atoms with Crippen molar-refractivity contribution in [3.8, 4) is 0 Å². The maximum absolute atomic E-state index is 13.3. The molecule has 3 rings (SSSR count). The van der Waals surface area contributed by atoms with E-state index in [1.54, 1.807) is 31.2 Å². The number of amides is 2. The van der Waals surface area contributed by atoms with Gasteiger partial charge in [0.2, 0.25) is 11.8 Å². The summed E-state index contributed by atoms with van der Waals surface area (Å²) in [7, 11) is 0. The lowest BCUT2D eigenvalue weighted by molar-refractivity contribution is -0.140. The zero-order chi connectivity index (χ0) is 21.5. The third kappa shape index (κ3) is 6.12. The summed E-state index contributed by atoms with van der Waals surface area (Å²) >= 11 is 0. The molecule has 0 heterocycles. The molecule has 1 unspecified atom stereocenters. The molecule has 0 aliphatic heterocycles. The minimum Gasteiger partial charge on any atom is -0.352 e. The van der Waals surface area contributed by atoms with Crippen LogP contribution >= 0.6 is 0 Å². The Bertz CT molecular complexity index is 847. The number of carbonyl (C=O) groups excluding carboxylic acids is 2. The molecule has 2 amide bonds. The van der Waals surface area contributed by atoms with Crippen LogP contribution in [-0.2, 0) is 22.6 Å². The normalized spacial score (nSPS) is 15.4. The van der Waals surface area contributed by atoms with E-state index in [2.05, 4.69) is 5.32 Å². The molecular weight excluding hydrogens is 386 g/mol. The van der Waals surface area contributed by atoms with E-state index in [4.69, 9.17) is 0 Å². The lowest BCUT2D eigenvalue weighted by atomic mass is 9.95. The second kappa shape index (κ2) is 10.3. The van der Waals surface area contributed by atoms with Crippen LogP contribution in [0.2, 0.25) is 0 Å². The van der Waals surface area contributed by atoms with Gasteiger partial charge in [-0.25, -0.2) is 8.78 Å². The van der Waals surface area contributed by atoms with Gasteiger partial charge in [0, 0.05) is 12.6 Å². The highest BCUT2D eigenvalue weighted by Crippen LogP contribution is 2.19. The van der Waals surface area contributed by atoms with Gasteiger partial charge in [-0.1, -0.05) is 43.5 Å². The van der Waals surface area contributed by atoms with Crippen molar-refractivity contribution in [2.75, 3.05) is 0 Å². The van der Waals surface area contributed by atoms with Crippen LogP contribution in [0.3, 0.4) is 0 Å². The Balaban J connectivity index is 1.74. The summed E-state index contributed by atoms with van der Waals surface area (Å²) in [5.41, 5.74) is 1.41. The number of carbonyl (C=O) groups is 2. The molecule has 160 valence electrons. The third-order valence-electron chi connectivity index (χ3n) is 5.65. The number of halogens is 2. The van der Waals surface area contributed by atoms with Crippen molar-refractivity contribution < 1.29 is 18.4 Å². The summed E-state index contributed by atoms with van der Waals surface area (Å²) in [6.07, 6.45) is 5.36. The highest BCUT2D eigenvalue weighted by molar-refractivity contribution is 5.88. The number of hydrogen-bond donors (Lipinski definition) is 1. The highest BCUT2D eigenvalue weighted by Gasteiger charge is 2.28. The van der Waals surface area contributed by atoms with Crippen molar-refractivity contribution in [2.45, 2.75) is 64.1 Å². The number of hydrogen-bond acceptors (Lipinski definition) is 2. The monoisotopic (exact) mass is 414 g/mol. The lowest BCUT2D eigenvalue weighted by Crippen LogP contribution is -2.50. The van der Waals surface area contributed by atoms with Gasteiger partial charge < -0.3 is 10.2 Å². The van der Waals surface area contributed by atoms with E-state index in [1.165, 1.54) is 35.6 Å². The highest BCUT2D eigenvalue weighted by atomic mass is 19.1. The molecule has 0 saturated heterocycles. The summed E-state index contributed by atoms with van der Waals surface area (Å²) in [4.78, 5) is 27.5. The molecule has 0 spiro atoms. The van der Waals surface area contributed by atoms with Crippen molar-refractivity contribution >= 4 is 11.8 Å². The molecule has 0 bridgehead atoms. The van der Waals surface area contributed by atoms with E-state index in [1.807, 2.05) is 0 Å². The fourth-order valence-electron chi connectivity index (χ4n) is 3.82. The fraction of sp³-hybridized carbons (Fsp3) is 0.417. The third-order valence-corrected chi connectivity index (χ3v) is 5.65. The van der Waals surface area contributed by atoms with Crippen molar-refractivity contribution in [3.63, 3.8) is 0 Å². The van der Waals surface area contributed by atoms with Gasteiger partial charge in [0.1, 0.15) is 17.7 Å². The van der Waals surface area contributed by atoms with Crippen molar-refractivity contribution in [1.29, 1.82) is 0 Å². The van der Waals surface area contributed by atoms with Crippen LogP contribution in [-0.4, -0.2) is 28.8 Å². The van der Waals surface area contributed by atoms with Crippen LogP contribution in [0.15, 0.2) is 48.5 Å². The Morgan fingerprint density at radius 2 is 1.47 bits per heavy atom. The van der Waals surface area contributed by atoms with Crippen LogP contribution < -0.4 is 5.32 Å². The summed E-state index contributed by atoms with van der Waals surface area (Å²) in [5, 5.41) is 3.08. The standard InChI is InChI=1S/C24H28F2N2O2/c1-17(24(30)27-22-5-3-2-4-6-22)28(16-19-9-13-21(26)14-10-19)23(29)15-18-7-11-20(25)12-8-18/h7-14,17,22H,2-6,15-16H2,1H3,(H,27,30). The van der Waals surface area contributed by atoms with Gasteiger partial charge in [0.25, 0.3) is 0 Å². The zero-order valence-electron chi connectivity index (χ0n) is 17.2. The minimum absolute atomic E-state index is 0.0581. The van der Waals surface area contributed by atoms with Gasteiger partial charge in [0.05, 0.1) is 6.42 Å². The van der Waals surface area contributed by atoms with Gasteiger partial charge in [-0.15, -0.1) is 0 Å². The van der Waals surface area contributed by atoms with Crippen LogP contribution in [0, 0.1) is 11.6 Å². The van der Waals surface area contributed by atoms with Crippen molar-refractivity contribution in [1.82, 2.24) is 10.2 Å². The molecule has 1 aliphatic rings. The first-order valence-electron chi connectivity index (χ1n) is 10.5. The van der Waals surface area contributed by atoms with E-state index >= 15 is 0 Å². The molecule has 2 aromatic carbocycles. The largest absolute Gasteiger partial charge is 0.352 e. The predicted molar refractivity (Wildman–Crippen MR) is 112 cm³/mol. The van der Waals surface area contributed by atoms with E-state index in [-0.39, 0.29) is 42.5 Å². The van der Waals surface area contributed by atoms with E-state index in [0.717, 1.165) is 31.2 Å². The second-order valence-electron chi connectivity index (χ2n) is 7.97. The first-order valence-corrected chi connectivity index (χ1v) is 10.5. The molecule has 4 nitrogen and oxygen atoms in total. The Labute approximate surface area is 176 Å². The van der Waals surface area contributed by atoms with Crippen LogP contribution in [0.4, 0.5) is 8.78 Å². The second-order valence-corrected chi connectivity index (χ2v) is 7.97. The predicted octanol–water partition coefficient (Wildman–Crippen LogP) is 4.37. The molecule has 6 heteroatoms. The number of nitrogens with one attached hydrogen (secondary N) is 1. The Kier molecular flexibility index (Phi) is 7.55. The van der Waals surface area contributed by atoms with Crippen LogP contribution in [0.1, 0.15) is 50.2 Å². The molecule has 1 N–H and O–H groups in total. The molecule has 2 aromatic rings. The molecule has 30 heavy (non-hydrogen) atoms. The summed E-state index contributed by atoms with van der Waals surface area (Å²) in [5.74, 6) is -1.14. The van der Waals surface area contributed by atoms with Crippen molar-refractivity contribution in [2.24, 2.45) is 0 Å². The van der Waals surface area contributed by atoms with E-state index < -0.39 is 6.04 Å². The SMILES string of the molecule is CC(C(=O)NC1CCCCC1)N(Cc1ccc(F)cc1)C(=O)Cc1ccc(F)cc1. The van der Waals surface area contributed by atoms with Gasteiger partial charge in [-0.2, -0.15) is 0 Å². The molecular formula is C24H28F2N2O2. The molecule has 0 radical (unpaired) electrons. The Morgan fingerprint density at radius 3 is 2.03 bits per heavy atom. The topological polar surface area (TPSA) is 49.4 Å². The first-order chi connectivity index (χ1) is 14.4. The van der Waals surface area contributed by atoms with Crippen molar-refractivity contribution in [3.05, 3.63) is 71.3 Å².